The molecule has 1 aliphatic rings. The van der Waals surface area contributed by atoms with Gasteiger partial charge in [-0.1, -0.05) is 23.4 Å². The molecule has 1 unspecified atom stereocenters. The van der Waals surface area contributed by atoms with Crippen LogP contribution in [0.3, 0.4) is 0 Å². The van der Waals surface area contributed by atoms with Crippen molar-refractivity contribution in [2.24, 2.45) is 10.3 Å². The Kier molecular flexibility index (Phi) is 4.20. The molecule has 112 valence electrons. The lowest BCUT2D eigenvalue weighted by Gasteiger charge is -2.25. The fraction of sp³-hybridized carbons (Fsp3) is 0.308. The fourth-order valence-corrected chi connectivity index (χ4v) is 2.09. The van der Waals surface area contributed by atoms with Gasteiger partial charge in [-0.05, 0) is 19.1 Å². The molecular weight excluding hydrogens is 276 g/mol. The quantitative estimate of drug-likeness (QED) is 0.630. The standard InChI is InChI=1S/C13H16N4O4/c1-9(15-21-3)13(16-19)11(20-2)14-17(12(13)18)10-7-5-4-6-8-10/h4-8,16,19H,1-3H3/b15-9+. The summed E-state index contributed by atoms with van der Waals surface area (Å²) in [4.78, 5) is 17.4. The summed E-state index contributed by atoms with van der Waals surface area (Å²) in [7, 11) is 2.69. The van der Waals surface area contributed by atoms with Crippen LogP contribution in [0, 0.1) is 0 Å². The highest BCUT2D eigenvalue weighted by molar-refractivity contribution is 6.35. The van der Waals surface area contributed by atoms with Crippen LogP contribution in [-0.2, 0) is 14.4 Å². The smallest absolute Gasteiger partial charge is 0.285 e. The van der Waals surface area contributed by atoms with E-state index in [0.717, 1.165) is 5.01 Å². The maximum Gasteiger partial charge on any atom is 0.285 e. The van der Waals surface area contributed by atoms with Crippen molar-refractivity contribution in [1.82, 2.24) is 5.48 Å². The van der Waals surface area contributed by atoms with Gasteiger partial charge in [-0.3, -0.25) is 4.79 Å². The summed E-state index contributed by atoms with van der Waals surface area (Å²) >= 11 is 0. The number of carbonyl (C=O) groups excluding carboxylic acids is 1. The number of methoxy groups -OCH3 is 1. The number of nitrogens with zero attached hydrogens (tertiary/aromatic N) is 3. The van der Waals surface area contributed by atoms with E-state index in [-0.39, 0.29) is 11.6 Å². The van der Waals surface area contributed by atoms with Crippen molar-refractivity contribution in [1.29, 1.82) is 0 Å². The van der Waals surface area contributed by atoms with Crippen molar-refractivity contribution in [3.63, 3.8) is 0 Å². The number of nitrogens with one attached hydrogen (secondary N) is 1. The van der Waals surface area contributed by atoms with E-state index >= 15 is 0 Å². The molecular formula is C13H16N4O4. The fourth-order valence-electron chi connectivity index (χ4n) is 2.09. The summed E-state index contributed by atoms with van der Waals surface area (Å²) in [5.74, 6) is -0.580. The minimum Gasteiger partial charge on any atom is -0.481 e. The van der Waals surface area contributed by atoms with E-state index in [1.54, 1.807) is 24.3 Å². The SMILES string of the molecule is CO/N=C(\C)C1(NO)C(=O)N(c2ccccc2)N=C1OC. The number of hydrogen-bond acceptors (Lipinski definition) is 7. The number of hydrogen-bond donors (Lipinski definition) is 2. The largest absolute Gasteiger partial charge is 0.481 e. The van der Waals surface area contributed by atoms with Gasteiger partial charge >= 0.3 is 0 Å². The molecule has 1 amide bonds. The highest BCUT2D eigenvalue weighted by Crippen LogP contribution is 2.28. The summed E-state index contributed by atoms with van der Waals surface area (Å²) in [5.41, 5.74) is 0.952. The first-order chi connectivity index (χ1) is 10.1. The number of ether oxygens (including phenoxy) is 1. The first-order valence-corrected chi connectivity index (χ1v) is 6.14. The van der Waals surface area contributed by atoms with Crippen LogP contribution in [0.15, 0.2) is 40.6 Å². The summed E-state index contributed by atoms with van der Waals surface area (Å²) in [5, 5.41) is 18.5. The first-order valence-electron chi connectivity index (χ1n) is 6.14. The van der Waals surface area contributed by atoms with Crippen LogP contribution >= 0.6 is 0 Å². The van der Waals surface area contributed by atoms with Crippen molar-refractivity contribution in [2.45, 2.75) is 12.5 Å². The Hall–Kier alpha value is -2.45. The number of benzene rings is 1. The second-order valence-electron chi connectivity index (χ2n) is 4.28. The van der Waals surface area contributed by atoms with Crippen LogP contribution in [0.5, 0.6) is 0 Å². The number of para-hydroxylation sites is 1. The Balaban J connectivity index is 2.52. The molecule has 0 aliphatic carbocycles. The molecule has 0 spiro atoms. The van der Waals surface area contributed by atoms with Crippen molar-refractivity contribution >= 4 is 23.2 Å². The van der Waals surface area contributed by atoms with Crippen LogP contribution in [0.4, 0.5) is 5.69 Å². The molecule has 1 aliphatic heterocycles. The van der Waals surface area contributed by atoms with Crippen LogP contribution in [0.25, 0.3) is 0 Å². The van der Waals surface area contributed by atoms with Gasteiger partial charge in [0, 0.05) is 0 Å². The predicted octanol–water partition coefficient (Wildman–Crippen LogP) is 0.733. The number of carbonyl (C=O) groups is 1. The van der Waals surface area contributed by atoms with Gasteiger partial charge in [0.2, 0.25) is 11.4 Å². The zero-order valence-corrected chi connectivity index (χ0v) is 11.9. The Bertz CT molecular complexity index is 587. The summed E-state index contributed by atoms with van der Waals surface area (Å²) in [6.07, 6.45) is 0. The minimum absolute atomic E-state index is 0.0304. The van der Waals surface area contributed by atoms with Gasteiger partial charge in [0.1, 0.15) is 7.11 Å². The molecule has 0 saturated heterocycles. The Morgan fingerprint density at radius 2 is 2.05 bits per heavy atom. The van der Waals surface area contributed by atoms with Crippen LogP contribution < -0.4 is 10.5 Å². The molecule has 0 fully saturated rings. The van der Waals surface area contributed by atoms with Gasteiger partial charge in [0.25, 0.3) is 5.91 Å². The molecule has 8 nitrogen and oxygen atoms in total. The predicted molar refractivity (Wildman–Crippen MR) is 76.1 cm³/mol. The highest BCUT2D eigenvalue weighted by Gasteiger charge is 2.56. The molecule has 1 aromatic carbocycles. The number of anilines is 1. The van der Waals surface area contributed by atoms with Crippen LogP contribution in [-0.4, -0.2) is 42.5 Å². The van der Waals surface area contributed by atoms with Gasteiger partial charge in [0.05, 0.1) is 18.5 Å². The Morgan fingerprint density at radius 3 is 2.57 bits per heavy atom. The lowest BCUT2D eigenvalue weighted by molar-refractivity contribution is -0.122. The van der Waals surface area contributed by atoms with Crippen LogP contribution in [0.2, 0.25) is 0 Å². The molecule has 1 atom stereocenters. The lowest BCUT2D eigenvalue weighted by Crippen LogP contribution is -2.62. The molecule has 8 heteroatoms. The van der Waals surface area contributed by atoms with Crippen LogP contribution in [0.1, 0.15) is 6.92 Å². The molecule has 21 heavy (non-hydrogen) atoms. The van der Waals surface area contributed by atoms with Crippen molar-refractivity contribution in [2.75, 3.05) is 19.2 Å². The van der Waals surface area contributed by atoms with Gasteiger partial charge in [0.15, 0.2) is 0 Å². The van der Waals surface area contributed by atoms with E-state index in [1.807, 2.05) is 11.5 Å². The summed E-state index contributed by atoms with van der Waals surface area (Å²) < 4.78 is 5.14. The number of hydrazone groups is 1. The second-order valence-corrected chi connectivity index (χ2v) is 4.28. The van der Waals surface area contributed by atoms with Crippen molar-refractivity contribution < 1.29 is 19.6 Å². The van der Waals surface area contributed by atoms with Gasteiger partial charge < -0.3 is 14.8 Å². The molecule has 0 saturated carbocycles. The number of oxime groups is 1. The molecule has 2 N–H and O–H groups in total. The van der Waals surface area contributed by atoms with E-state index < -0.39 is 11.4 Å². The maximum absolute atomic E-state index is 12.7. The van der Waals surface area contributed by atoms with E-state index in [9.17, 15) is 10.0 Å². The van der Waals surface area contributed by atoms with E-state index in [4.69, 9.17) is 4.74 Å². The lowest BCUT2D eigenvalue weighted by atomic mass is 9.94. The third-order valence-electron chi connectivity index (χ3n) is 3.16. The van der Waals surface area contributed by atoms with E-state index in [0.29, 0.717) is 5.69 Å². The second kappa shape index (κ2) is 5.90. The average Bonchev–Trinajstić information content (AvgIpc) is 2.81. The third kappa shape index (κ3) is 2.24. The Labute approximate surface area is 121 Å². The molecule has 0 aromatic heterocycles. The molecule has 1 aromatic rings. The number of amides is 1. The van der Waals surface area contributed by atoms with Crippen molar-refractivity contribution in [3.8, 4) is 0 Å². The summed E-state index contributed by atoms with van der Waals surface area (Å²) in [6.45, 7) is 1.52. The van der Waals surface area contributed by atoms with E-state index in [2.05, 4.69) is 15.1 Å². The van der Waals surface area contributed by atoms with Gasteiger partial charge in [-0.25, -0.2) is 0 Å². The zero-order chi connectivity index (χ0) is 15.5. The molecule has 0 bridgehead atoms. The number of rotatable bonds is 4. The maximum atomic E-state index is 12.7. The van der Waals surface area contributed by atoms with Gasteiger partial charge in [-0.15, -0.1) is 5.10 Å². The highest BCUT2D eigenvalue weighted by atomic mass is 16.6. The van der Waals surface area contributed by atoms with Gasteiger partial charge in [-0.2, -0.15) is 10.5 Å². The first kappa shape index (κ1) is 14.9. The monoisotopic (exact) mass is 292 g/mol. The average molecular weight is 292 g/mol. The molecule has 2 rings (SSSR count). The Morgan fingerprint density at radius 1 is 1.38 bits per heavy atom. The normalized spacial score (nSPS) is 22.3. The number of hydroxylamine groups is 1. The third-order valence-corrected chi connectivity index (χ3v) is 3.16. The van der Waals surface area contributed by atoms with E-state index in [1.165, 1.54) is 21.1 Å². The zero-order valence-electron chi connectivity index (χ0n) is 11.9. The minimum atomic E-state index is -1.71. The topological polar surface area (TPSA) is 95.7 Å². The molecule has 0 radical (unpaired) electrons. The molecule has 1 heterocycles. The van der Waals surface area contributed by atoms with Crippen molar-refractivity contribution in [3.05, 3.63) is 30.3 Å². The summed E-state index contributed by atoms with van der Waals surface area (Å²) in [6, 6.07) is 8.79.